The molecule has 1 aliphatic rings. The van der Waals surface area contributed by atoms with Crippen LogP contribution in [0.25, 0.3) is 0 Å². The molecular weight excluding hydrogens is 206 g/mol. The fraction of sp³-hybridized carbons (Fsp3) is 0.417. The third kappa shape index (κ3) is 2.02. The average molecular weight is 221 g/mol. The number of fused-ring (bicyclic) bond motifs is 1. The molecule has 1 amide bonds. The molecule has 86 valence electrons. The number of hydrogen-bond acceptors (Lipinski definition) is 3. The molecular formula is C12H15NO3. The topological polar surface area (TPSA) is 38.8 Å². The van der Waals surface area contributed by atoms with Gasteiger partial charge in [-0.2, -0.15) is 0 Å². The molecule has 16 heavy (non-hydrogen) atoms. The van der Waals surface area contributed by atoms with Gasteiger partial charge >= 0.3 is 0 Å². The Hall–Kier alpha value is -1.55. The Morgan fingerprint density at radius 1 is 1.50 bits per heavy atom. The highest BCUT2D eigenvalue weighted by Gasteiger charge is 2.28. The van der Waals surface area contributed by atoms with E-state index in [1.54, 1.807) is 7.05 Å². The van der Waals surface area contributed by atoms with Crippen molar-refractivity contribution in [1.29, 1.82) is 0 Å². The third-order valence-electron chi connectivity index (χ3n) is 2.78. The summed E-state index contributed by atoms with van der Waals surface area (Å²) in [5.74, 6) is 0.661. The Bertz CT molecular complexity index is 392. The SMILES string of the molecule is CON(C)C(=O)C1CCc2ccccc2O1. The minimum absolute atomic E-state index is 0.142. The molecule has 2 rings (SSSR count). The summed E-state index contributed by atoms with van der Waals surface area (Å²) in [5.41, 5.74) is 1.16. The molecule has 0 fully saturated rings. The second-order valence-corrected chi connectivity index (χ2v) is 3.77. The first-order valence-corrected chi connectivity index (χ1v) is 5.28. The van der Waals surface area contributed by atoms with Crippen LogP contribution in [-0.4, -0.2) is 31.2 Å². The minimum atomic E-state index is -0.431. The van der Waals surface area contributed by atoms with Crippen LogP contribution in [0.5, 0.6) is 5.75 Å². The number of hydrogen-bond donors (Lipinski definition) is 0. The Morgan fingerprint density at radius 3 is 3.00 bits per heavy atom. The number of hydroxylamine groups is 2. The number of ether oxygens (including phenoxy) is 1. The maximum atomic E-state index is 11.8. The third-order valence-corrected chi connectivity index (χ3v) is 2.78. The summed E-state index contributed by atoms with van der Waals surface area (Å²) in [6.45, 7) is 0. The number of benzene rings is 1. The lowest BCUT2D eigenvalue weighted by Gasteiger charge is -2.27. The summed E-state index contributed by atoms with van der Waals surface area (Å²) in [5, 5.41) is 1.21. The van der Waals surface area contributed by atoms with Gasteiger partial charge < -0.3 is 4.74 Å². The summed E-state index contributed by atoms with van der Waals surface area (Å²) in [6.07, 6.45) is 1.13. The molecule has 0 aromatic heterocycles. The molecule has 0 aliphatic carbocycles. The molecule has 1 unspecified atom stereocenters. The first-order valence-electron chi connectivity index (χ1n) is 5.28. The molecule has 4 nitrogen and oxygen atoms in total. The van der Waals surface area contributed by atoms with Crippen molar-refractivity contribution >= 4 is 5.91 Å². The van der Waals surface area contributed by atoms with Gasteiger partial charge in [-0.25, -0.2) is 5.06 Å². The van der Waals surface area contributed by atoms with Gasteiger partial charge in [0.1, 0.15) is 5.75 Å². The Balaban J connectivity index is 2.11. The van der Waals surface area contributed by atoms with Crippen LogP contribution < -0.4 is 4.74 Å². The van der Waals surface area contributed by atoms with Crippen LogP contribution in [0.15, 0.2) is 24.3 Å². The Morgan fingerprint density at radius 2 is 2.25 bits per heavy atom. The van der Waals surface area contributed by atoms with Gasteiger partial charge in [-0.15, -0.1) is 0 Å². The van der Waals surface area contributed by atoms with Gasteiger partial charge in [-0.1, -0.05) is 18.2 Å². The van der Waals surface area contributed by atoms with Crippen molar-refractivity contribution in [3.05, 3.63) is 29.8 Å². The van der Waals surface area contributed by atoms with Crippen LogP contribution in [0.2, 0.25) is 0 Å². The maximum Gasteiger partial charge on any atom is 0.286 e. The van der Waals surface area contributed by atoms with Crippen LogP contribution in [-0.2, 0) is 16.1 Å². The fourth-order valence-electron chi connectivity index (χ4n) is 1.79. The van der Waals surface area contributed by atoms with Crippen molar-refractivity contribution in [3.8, 4) is 5.75 Å². The van der Waals surface area contributed by atoms with Crippen LogP contribution >= 0.6 is 0 Å². The molecule has 1 aromatic rings. The normalized spacial score (nSPS) is 18.5. The smallest absolute Gasteiger partial charge is 0.286 e. The van der Waals surface area contributed by atoms with Gasteiger partial charge in [0.2, 0.25) is 0 Å². The fourth-order valence-corrected chi connectivity index (χ4v) is 1.79. The van der Waals surface area contributed by atoms with Gasteiger partial charge in [-0.3, -0.25) is 9.63 Å². The van der Waals surface area contributed by atoms with E-state index in [4.69, 9.17) is 9.57 Å². The van der Waals surface area contributed by atoms with Gasteiger partial charge in [-0.05, 0) is 24.5 Å². The predicted molar refractivity (Wildman–Crippen MR) is 59.0 cm³/mol. The summed E-state index contributed by atoms with van der Waals surface area (Å²) < 4.78 is 5.65. The van der Waals surface area contributed by atoms with E-state index in [0.717, 1.165) is 17.7 Å². The lowest BCUT2D eigenvalue weighted by molar-refractivity contribution is -0.177. The van der Waals surface area contributed by atoms with Crippen LogP contribution in [0.1, 0.15) is 12.0 Å². The highest BCUT2D eigenvalue weighted by atomic mass is 16.7. The van der Waals surface area contributed by atoms with Crippen LogP contribution in [0, 0.1) is 0 Å². The van der Waals surface area contributed by atoms with E-state index in [2.05, 4.69) is 0 Å². The quantitative estimate of drug-likeness (QED) is 0.708. The number of amides is 1. The monoisotopic (exact) mass is 221 g/mol. The van der Waals surface area contributed by atoms with Crippen molar-refractivity contribution in [1.82, 2.24) is 5.06 Å². The summed E-state index contributed by atoms with van der Waals surface area (Å²) >= 11 is 0. The van der Waals surface area contributed by atoms with E-state index in [0.29, 0.717) is 6.42 Å². The molecule has 0 saturated carbocycles. The Labute approximate surface area is 94.7 Å². The van der Waals surface area contributed by atoms with Crippen molar-refractivity contribution < 1.29 is 14.4 Å². The molecule has 1 aromatic carbocycles. The molecule has 1 atom stereocenters. The van der Waals surface area contributed by atoms with Gasteiger partial charge in [0.25, 0.3) is 5.91 Å². The molecule has 1 heterocycles. The summed E-state index contributed by atoms with van der Waals surface area (Å²) in [4.78, 5) is 16.7. The predicted octanol–water partition coefficient (Wildman–Crippen LogP) is 1.40. The van der Waals surface area contributed by atoms with Crippen molar-refractivity contribution in [2.75, 3.05) is 14.2 Å². The molecule has 0 N–H and O–H groups in total. The summed E-state index contributed by atoms with van der Waals surface area (Å²) in [6, 6.07) is 7.80. The van der Waals surface area contributed by atoms with E-state index in [-0.39, 0.29) is 5.91 Å². The Kier molecular flexibility index (Phi) is 3.10. The van der Waals surface area contributed by atoms with Crippen molar-refractivity contribution in [3.63, 3.8) is 0 Å². The molecule has 0 spiro atoms. The van der Waals surface area contributed by atoms with Gasteiger partial charge in [0, 0.05) is 7.05 Å². The van der Waals surface area contributed by atoms with Crippen LogP contribution in [0.4, 0.5) is 0 Å². The lowest BCUT2D eigenvalue weighted by atomic mass is 10.0. The first kappa shape index (κ1) is 11.0. The average Bonchev–Trinajstić information content (AvgIpc) is 2.36. The zero-order valence-electron chi connectivity index (χ0n) is 9.47. The van der Waals surface area contributed by atoms with Crippen molar-refractivity contribution in [2.24, 2.45) is 0 Å². The van der Waals surface area contributed by atoms with Gasteiger partial charge in [0.15, 0.2) is 6.10 Å². The molecule has 4 heteroatoms. The second kappa shape index (κ2) is 4.53. The zero-order valence-corrected chi connectivity index (χ0v) is 9.47. The highest BCUT2D eigenvalue weighted by molar-refractivity contribution is 5.80. The second-order valence-electron chi connectivity index (χ2n) is 3.77. The molecule has 0 radical (unpaired) electrons. The van der Waals surface area contributed by atoms with E-state index >= 15 is 0 Å². The molecule has 0 saturated heterocycles. The number of rotatable bonds is 2. The number of likely N-dealkylation sites (N-methyl/N-ethyl adjacent to an activating group) is 1. The largest absolute Gasteiger partial charge is 0.480 e. The van der Waals surface area contributed by atoms with E-state index in [1.807, 2.05) is 24.3 Å². The first-order chi connectivity index (χ1) is 7.72. The number of carbonyl (C=O) groups is 1. The van der Waals surface area contributed by atoms with Crippen molar-refractivity contribution in [2.45, 2.75) is 18.9 Å². The maximum absolute atomic E-state index is 11.8. The number of para-hydroxylation sites is 1. The van der Waals surface area contributed by atoms with E-state index in [1.165, 1.54) is 12.2 Å². The number of nitrogens with zero attached hydrogens (tertiary/aromatic N) is 1. The lowest BCUT2D eigenvalue weighted by Crippen LogP contribution is -2.40. The zero-order chi connectivity index (χ0) is 11.5. The highest BCUT2D eigenvalue weighted by Crippen LogP contribution is 2.27. The van der Waals surface area contributed by atoms with Crippen LogP contribution in [0.3, 0.4) is 0 Å². The van der Waals surface area contributed by atoms with E-state index in [9.17, 15) is 4.79 Å². The number of carbonyl (C=O) groups excluding carboxylic acids is 1. The molecule has 1 aliphatic heterocycles. The summed E-state index contributed by atoms with van der Waals surface area (Å²) in [7, 11) is 3.06. The van der Waals surface area contributed by atoms with E-state index < -0.39 is 6.10 Å². The van der Waals surface area contributed by atoms with Gasteiger partial charge in [0.05, 0.1) is 7.11 Å². The molecule has 0 bridgehead atoms. The standard InChI is InChI=1S/C12H15NO3/c1-13(15-2)12(14)11-8-7-9-5-3-4-6-10(9)16-11/h3-6,11H,7-8H2,1-2H3. The minimum Gasteiger partial charge on any atom is -0.480 e. The number of aryl methyl sites for hydroxylation is 1.